The molecule has 1 atom stereocenters. The molecule has 1 amide bonds. The van der Waals surface area contributed by atoms with Crippen molar-refractivity contribution in [1.82, 2.24) is 0 Å². The fourth-order valence-electron chi connectivity index (χ4n) is 2.03. The van der Waals surface area contributed by atoms with Gasteiger partial charge < -0.3 is 10.1 Å². The summed E-state index contributed by atoms with van der Waals surface area (Å²) in [6.45, 7) is 0. The standard InChI is InChI=1S/C17H16N2O2/c1-21-16(14-5-3-2-4-6-14)17(20)19-15-9-7-13(8-10-15)11-12-18/h2-10,16H,11H2,1H3,(H,19,20). The van der Waals surface area contributed by atoms with Gasteiger partial charge in [-0.05, 0) is 23.3 Å². The van der Waals surface area contributed by atoms with E-state index in [0.717, 1.165) is 11.1 Å². The number of rotatable bonds is 5. The molecule has 2 rings (SSSR count). The van der Waals surface area contributed by atoms with Crippen molar-refractivity contribution in [3.63, 3.8) is 0 Å². The molecule has 0 radical (unpaired) electrons. The maximum atomic E-state index is 12.3. The number of carbonyl (C=O) groups is 1. The van der Waals surface area contributed by atoms with Crippen LogP contribution in [0.25, 0.3) is 0 Å². The van der Waals surface area contributed by atoms with E-state index < -0.39 is 6.10 Å². The van der Waals surface area contributed by atoms with Crippen molar-refractivity contribution in [2.45, 2.75) is 12.5 Å². The molecule has 0 saturated heterocycles. The number of nitrogens with one attached hydrogen (secondary N) is 1. The molecule has 0 aliphatic rings. The van der Waals surface area contributed by atoms with E-state index in [1.165, 1.54) is 7.11 Å². The lowest BCUT2D eigenvalue weighted by Gasteiger charge is -2.15. The maximum Gasteiger partial charge on any atom is 0.258 e. The molecule has 0 heterocycles. The molecule has 1 unspecified atom stereocenters. The molecule has 106 valence electrons. The number of methoxy groups -OCH3 is 1. The minimum atomic E-state index is -0.648. The Hall–Kier alpha value is -2.64. The lowest BCUT2D eigenvalue weighted by Crippen LogP contribution is -2.22. The van der Waals surface area contributed by atoms with E-state index in [0.29, 0.717) is 12.1 Å². The second kappa shape index (κ2) is 7.22. The maximum absolute atomic E-state index is 12.3. The van der Waals surface area contributed by atoms with E-state index in [2.05, 4.69) is 11.4 Å². The molecule has 21 heavy (non-hydrogen) atoms. The van der Waals surface area contributed by atoms with E-state index in [9.17, 15) is 4.79 Å². The number of nitrogens with zero attached hydrogens (tertiary/aromatic N) is 1. The Bertz CT molecular complexity index is 630. The van der Waals surface area contributed by atoms with Crippen molar-refractivity contribution in [3.05, 3.63) is 65.7 Å². The third-order valence-corrected chi connectivity index (χ3v) is 3.08. The molecule has 4 nitrogen and oxygen atoms in total. The number of hydrogen-bond donors (Lipinski definition) is 1. The number of nitriles is 1. The van der Waals surface area contributed by atoms with Gasteiger partial charge >= 0.3 is 0 Å². The van der Waals surface area contributed by atoms with Gasteiger partial charge in [-0.25, -0.2) is 0 Å². The van der Waals surface area contributed by atoms with Gasteiger partial charge in [0.05, 0.1) is 12.5 Å². The van der Waals surface area contributed by atoms with Crippen LogP contribution in [0.5, 0.6) is 0 Å². The Labute approximate surface area is 124 Å². The summed E-state index contributed by atoms with van der Waals surface area (Å²) in [5.74, 6) is -0.225. The van der Waals surface area contributed by atoms with Gasteiger partial charge in [0.2, 0.25) is 0 Å². The summed E-state index contributed by atoms with van der Waals surface area (Å²) in [5, 5.41) is 11.4. The lowest BCUT2D eigenvalue weighted by molar-refractivity contribution is -0.126. The zero-order valence-electron chi connectivity index (χ0n) is 11.7. The normalized spacial score (nSPS) is 11.4. The number of benzene rings is 2. The van der Waals surface area contributed by atoms with Crippen LogP contribution in [-0.2, 0) is 16.0 Å². The summed E-state index contributed by atoms with van der Waals surface area (Å²) in [4.78, 5) is 12.3. The SMILES string of the molecule is COC(C(=O)Nc1ccc(CC#N)cc1)c1ccccc1. The van der Waals surface area contributed by atoms with Crippen LogP contribution in [0.4, 0.5) is 5.69 Å². The second-order valence-corrected chi connectivity index (χ2v) is 4.55. The van der Waals surface area contributed by atoms with Crippen LogP contribution in [0.3, 0.4) is 0 Å². The van der Waals surface area contributed by atoms with Crippen molar-refractivity contribution < 1.29 is 9.53 Å². The molecule has 4 heteroatoms. The predicted octanol–water partition coefficient (Wildman–Crippen LogP) is 3.08. The van der Waals surface area contributed by atoms with Gasteiger partial charge in [0.25, 0.3) is 5.91 Å². The van der Waals surface area contributed by atoms with Crippen LogP contribution in [0.1, 0.15) is 17.2 Å². The second-order valence-electron chi connectivity index (χ2n) is 4.55. The Morgan fingerprint density at radius 1 is 1.19 bits per heavy atom. The van der Waals surface area contributed by atoms with E-state index in [1.54, 1.807) is 12.1 Å². The number of hydrogen-bond acceptors (Lipinski definition) is 3. The molecule has 2 aromatic rings. The number of carbonyl (C=O) groups excluding carboxylic acids is 1. The molecule has 0 aromatic heterocycles. The highest BCUT2D eigenvalue weighted by Crippen LogP contribution is 2.19. The quantitative estimate of drug-likeness (QED) is 0.915. The van der Waals surface area contributed by atoms with Crippen LogP contribution in [0.2, 0.25) is 0 Å². The molecule has 0 saturated carbocycles. The van der Waals surface area contributed by atoms with Crippen molar-refractivity contribution in [1.29, 1.82) is 5.26 Å². The van der Waals surface area contributed by atoms with Crippen molar-refractivity contribution in [2.24, 2.45) is 0 Å². The zero-order valence-corrected chi connectivity index (χ0v) is 11.7. The average molecular weight is 280 g/mol. The fourth-order valence-corrected chi connectivity index (χ4v) is 2.03. The molecular formula is C17H16N2O2. The van der Waals surface area contributed by atoms with Crippen molar-refractivity contribution in [2.75, 3.05) is 12.4 Å². The molecule has 0 aliphatic carbocycles. The van der Waals surface area contributed by atoms with E-state index in [1.807, 2.05) is 42.5 Å². The number of amides is 1. The van der Waals surface area contributed by atoms with E-state index in [-0.39, 0.29) is 5.91 Å². The lowest BCUT2D eigenvalue weighted by atomic mass is 10.1. The minimum absolute atomic E-state index is 0.225. The monoisotopic (exact) mass is 280 g/mol. The first-order valence-electron chi connectivity index (χ1n) is 6.59. The third-order valence-electron chi connectivity index (χ3n) is 3.08. The summed E-state index contributed by atoms with van der Waals surface area (Å²) >= 11 is 0. The molecule has 0 aliphatic heterocycles. The van der Waals surface area contributed by atoms with Crippen LogP contribution in [0.15, 0.2) is 54.6 Å². The summed E-state index contributed by atoms with van der Waals surface area (Å²) in [5.41, 5.74) is 2.40. The molecule has 1 N–H and O–H groups in total. The van der Waals surface area contributed by atoms with E-state index in [4.69, 9.17) is 10.00 Å². The molecule has 0 bridgehead atoms. The molecule has 0 spiro atoms. The summed E-state index contributed by atoms with van der Waals surface area (Å²) < 4.78 is 5.28. The van der Waals surface area contributed by atoms with Gasteiger partial charge in [-0.15, -0.1) is 0 Å². The molecule has 0 fully saturated rings. The first-order valence-corrected chi connectivity index (χ1v) is 6.59. The van der Waals surface area contributed by atoms with Gasteiger partial charge in [0.1, 0.15) is 0 Å². The smallest absolute Gasteiger partial charge is 0.258 e. The summed E-state index contributed by atoms with van der Waals surface area (Å²) in [6, 6.07) is 18.6. The summed E-state index contributed by atoms with van der Waals surface area (Å²) in [6.07, 6.45) is -0.288. The third kappa shape index (κ3) is 3.91. The predicted molar refractivity (Wildman–Crippen MR) is 80.6 cm³/mol. The first kappa shape index (κ1) is 14.8. The van der Waals surface area contributed by atoms with Gasteiger partial charge in [-0.3, -0.25) is 4.79 Å². The Kier molecular flexibility index (Phi) is 5.08. The van der Waals surface area contributed by atoms with Crippen molar-refractivity contribution >= 4 is 11.6 Å². The first-order chi connectivity index (χ1) is 10.2. The van der Waals surface area contributed by atoms with E-state index >= 15 is 0 Å². The number of ether oxygens (including phenoxy) is 1. The van der Waals surface area contributed by atoms with Gasteiger partial charge in [-0.1, -0.05) is 42.5 Å². The van der Waals surface area contributed by atoms with Gasteiger partial charge in [0, 0.05) is 12.8 Å². The zero-order chi connectivity index (χ0) is 15.1. The Morgan fingerprint density at radius 3 is 2.43 bits per heavy atom. The minimum Gasteiger partial charge on any atom is -0.367 e. The Balaban J connectivity index is 2.07. The van der Waals surface area contributed by atoms with Crippen molar-refractivity contribution in [3.8, 4) is 6.07 Å². The van der Waals surface area contributed by atoms with Crippen LogP contribution >= 0.6 is 0 Å². The highest BCUT2D eigenvalue weighted by Gasteiger charge is 2.19. The molecule has 2 aromatic carbocycles. The molecular weight excluding hydrogens is 264 g/mol. The average Bonchev–Trinajstić information content (AvgIpc) is 2.51. The van der Waals surface area contributed by atoms with Gasteiger partial charge in [0.15, 0.2) is 6.10 Å². The highest BCUT2D eigenvalue weighted by molar-refractivity contribution is 5.94. The fraction of sp³-hybridized carbons (Fsp3) is 0.176. The Morgan fingerprint density at radius 2 is 1.86 bits per heavy atom. The van der Waals surface area contributed by atoms with Crippen LogP contribution in [-0.4, -0.2) is 13.0 Å². The number of anilines is 1. The summed E-state index contributed by atoms with van der Waals surface area (Å²) in [7, 11) is 1.51. The highest BCUT2D eigenvalue weighted by atomic mass is 16.5. The van der Waals surface area contributed by atoms with Crippen LogP contribution < -0.4 is 5.32 Å². The topological polar surface area (TPSA) is 62.1 Å². The van der Waals surface area contributed by atoms with Crippen LogP contribution in [0, 0.1) is 11.3 Å². The van der Waals surface area contributed by atoms with Gasteiger partial charge in [-0.2, -0.15) is 5.26 Å². The largest absolute Gasteiger partial charge is 0.367 e.